The van der Waals surface area contributed by atoms with Crippen LogP contribution in [0.3, 0.4) is 0 Å². The van der Waals surface area contributed by atoms with Crippen LogP contribution in [0.15, 0.2) is 48.8 Å². The smallest absolute Gasteiger partial charge is 0.225 e. The molecule has 28 heavy (non-hydrogen) atoms. The van der Waals surface area contributed by atoms with E-state index in [1.165, 1.54) is 25.3 Å². The number of rotatable bonds is 5. The van der Waals surface area contributed by atoms with Gasteiger partial charge in [-0.05, 0) is 55.7 Å². The van der Waals surface area contributed by atoms with Gasteiger partial charge in [-0.3, -0.25) is 4.98 Å². The highest BCUT2D eigenvalue weighted by molar-refractivity contribution is 5.67. The molecule has 0 aliphatic heterocycles. The predicted octanol–water partition coefficient (Wildman–Crippen LogP) is 5.47. The number of hydrogen-bond acceptors (Lipinski definition) is 5. The molecule has 0 unspecified atom stereocenters. The van der Waals surface area contributed by atoms with Gasteiger partial charge in [-0.1, -0.05) is 19.3 Å². The van der Waals surface area contributed by atoms with Gasteiger partial charge < -0.3 is 10.6 Å². The second-order valence-electron chi connectivity index (χ2n) is 7.27. The summed E-state index contributed by atoms with van der Waals surface area (Å²) in [6.45, 7) is 1.75. The third-order valence-electron chi connectivity index (χ3n) is 5.05. The Morgan fingerprint density at radius 2 is 1.89 bits per heavy atom. The van der Waals surface area contributed by atoms with E-state index in [4.69, 9.17) is 4.98 Å². The highest BCUT2D eigenvalue weighted by Crippen LogP contribution is 2.26. The molecular formula is C22H24FN5. The first-order valence-corrected chi connectivity index (χ1v) is 9.76. The molecule has 5 nitrogen and oxygen atoms in total. The molecule has 1 aliphatic carbocycles. The van der Waals surface area contributed by atoms with Crippen LogP contribution in [0.4, 0.5) is 21.8 Å². The van der Waals surface area contributed by atoms with Gasteiger partial charge in [0.15, 0.2) is 0 Å². The first-order chi connectivity index (χ1) is 13.7. The number of aryl methyl sites for hydroxylation is 1. The lowest BCUT2D eigenvalue weighted by Crippen LogP contribution is -2.23. The number of anilines is 3. The number of aromatic nitrogens is 3. The topological polar surface area (TPSA) is 62.7 Å². The maximum absolute atomic E-state index is 13.6. The summed E-state index contributed by atoms with van der Waals surface area (Å²) in [7, 11) is 0. The number of pyridine rings is 1. The van der Waals surface area contributed by atoms with Gasteiger partial charge >= 0.3 is 0 Å². The summed E-state index contributed by atoms with van der Waals surface area (Å²) in [6, 6.07) is 11.1. The molecule has 0 saturated heterocycles. The van der Waals surface area contributed by atoms with Crippen molar-refractivity contribution in [3.63, 3.8) is 0 Å². The molecule has 1 aromatic carbocycles. The van der Waals surface area contributed by atoms with Crippen molar-refractivity contribution in [3.05, 3.63) is 60.2 Å². The minimum Gasteiger partial charge on any atom is -0.351 e. The Kier molecular flexibility index (Phi) is 5.46. The fourth-order valence-corrected chi connectivity index (χ4v) is 3.54. The zero-order chi connectivity index (χ0) is 19.3. The molecule has 1 fully saturated rings. The van der Waals surface area contributed by atoms with Gasteiger partial charge in [0.2, 0.25) is 5.95 Å². The zero-order valence-electron chi connectivity index (χ0n) is 16.0. The van der Waals surface area contributed by atoms with Crippen molar-refractivity contribution in [2.45, 2.75) is 45.1 Å². The Balaban J connectivity index is 1.65. The van der Waals surface area contributed by atoms with Crippen LogP contribution in [-0.2, 0) is 0 Å². The largest absolute Gasteiger partial charge is 0.351 e. The van der Waals surface area contributed by atoms with E-state index in [-0.39, 0.29) is 5.82 Å². The molecule has 1 aliphatic rings. The summed E-state index contributed by atoms with van der Waals surface area (Å²) in [4.78, 5) is 13.6. The van der Waals surface area contributed by atoms with Gasteiger partial charge in [-0.15, -0.1) is 0 Å². The number of halogens is 1. The number of nitrogens with zero attached hydrogens (tertiary/aromatic N) is 3. The van der Waals surface area contributed by atoms with Gasteiger partial charge in [0, 0.05) is 35.8 Å². The first kappa shape index (κ1) is 18.3. The van der Waals surface area contributed by atoms with Crippen molar-refractivity contribution >= 4 is 17.5 Å². The molecule has 1 saturated carbocycles. The molecular weight excluding hydrogens is 353 g/mol. The second kappa shape index (κ2) is 8.33. The molecule has 0 atom stereocenters. The van der Waals surface area contributed by atoms with E-state index in [1.807, 2.05) is 18.2 Å². The molecule has 0 radical (unpaired) electrons. The number of benzene rings is 1. The predicted molar refractivity (Wildman–Crippen MR) is 110 cm³/mol. The average molecular weight is 377 g/mol. The third-order valence-corrected chi connectivity index (χ3v) is 5.05. The van der Waals surface area contributed by atoms with E-state index < -0.39 is 0 Å². The number of hydrogen-bond donors (Lipinski definition) is 2. The quantitative estimate of drug-likeness (QED) is 0.617. The van der Waals surface area contributed by atoms with Crippen LogP contribution in [0.2, 0.25) is 0 Å². The lowest BCUT2D eigenvalue weighted by molar-refractivity contribution is 0.461. The average Bonchev–Trinajstić information content (AvgIpc) is 2.72. The van der Waals surface area contributed by atoms with Crippen LogP contribution in [0.5, 0.6) is 0 Å². The molecule has 6 heteroatoms. The monoisotopic (exact) mass is 377 g/mol. The molecule has 2 aromatic heterocycles. The number of nitrogens with one attached hydrogen (secondary N) is 2. The van der Waals surface area contributed by atoms with Crippen molar-refractivity contribution in [1.29, 1.82) is 0 Å². The minimum atomic E-state index is -0.219. The van der Waals surface area contributed by atoms with E-state index in [2.05, 4.69) is 20.6 Å². The summed E-state index contributed by atoms with van der Waals surface area (Å²) < 4.78 is 13.6. The molecule has 3 aromatic rings. The standard InChI is InChI=1S/C22H24FN5/c1-15-12-18(9-10-19(15)23)25-21-13-20(16-6-5-11-24-14-16)27-22(28-21)26-17-7-3-2-4-8-17/h5-6,9-14,17H,2-4,7-8H2,1H3,(H2,25,26,27,28). The maximum Gasteiger partial charge on any atom is 0.225 e. The highest BCUT2D eigenvalue weighted by atomic mass is 19.1. The minimum absolute atomic E-state index is 0.219. The van der Waals surface area contributed by atoms with Gasteiger partial charge in [0.05, 0.1) is 5.69 Å². The SMILES string of the molecule is Cc1cc(Nc2cc(-c3cccnc3)nc(NC3CCCCC3)n2)ccc1F. The van der Waals surface area contributed by atoms with E-state index in [1.54, 1.807) is 31.5 Å². The highest BCUT2D eigenvalue weighted by Gasteiger charge is 2.16. The Morgan fingerprint density at radius 1 is 1.04 bits per heavy atom. The maximum atomic E-state index is 13.6. The van der Waals surface area contributed by atoms with Crippen LogP contribution < -0.4 is 10.6 Å². The van der Waals surface area contributed by atoms with Crippen molar-refractivity contribution in [2.24, 2.45) is 0 Å². The molecule has 2 N–H and O–H groups in total. The Labute approximate surface area is 164 Å². The van der Waals surface area contributed by atoms with Gasteiger partial charge in [0.1, 0.15) is 11.6 Å². The third kappa shape index (κ3) is 4.44. The summed E-state index contributed by atoms with van der Waals surface area (Å²) in [5, 5.41) is 6.78. The summed E-state index contributed by atoms with van der Waals surface area (Å²) >= 11 is 0. The molecule has 0 bridgehead atoms. The molecule has 4 rings (SSSR count). The van der Waals surface area contributed by atoms with E-state index >= 15 is 0 Å². The summed E-state index contributed by atoms with van der Waals surface area (Å²) in [5.41, 5.74) is 3.10. The molecule has 0 amide bonds. The fourth-order valence-electron chi connectivity index (χ4n) is 3.54. The van der Waals surface area contributed by atoms with Crippen LogP contribution >= 0.6 is 0 Å². The van der Waals surface area contributed by atoms with Crippen molar-refractivity contribution < 1.29 is 4.39 Å². The summed E-state index contributed by atoms with van der Waals surface area (Å²) in [6.07, 6.45) is 9.58. The molecule has 2 heterocycles. The lowest BCUT2D eigenvalue weighted by Gasteiger charge is -2.23. The molecule has 0 spiro atoms. The Morgan fingerprint density at radius 3 is 2.64 bits per heavy atom. The van der Waals surface area contributed by atoms with Crippen LogP contribution in [-0.4, -0.2) is 21.0 Å². The van der Waals surface area contributed by atoms with Crippen LogP contribution in [0.1, 0.15) is 37.7 Å². The fraction of sp³-hybridized carbons (Fsp3) is 0.318. The van der Waals surface area contributed by atoms with Crippen LogP contribution in [0, 0.1) is 12.7 Å². The van der Waals surface area contributed by atoms with E-state index in [0.29, 0.717) is 23.4 Å². The van der Waals surface area contributed by atoms with Gasteiger partial charge in [0.25, 0.3) is 0 Å². The van der Waals surface area contributed by atoms with Crippen molar-refractivity contribution in [1.82, 2.24) is 15.0 Å². The van der Waals surface area contributed by atoms with Crippen LogP contribution in [0.25, 0.3) is 11.3 Å². The van der Waals surface area contributed by atoms with E-state index in [0.717, 1.165) is 29.8 Å². The Bertz CT molecular complexity index is 939. The van der Waals surface area contributed by atoms with Crippen molar-refractivity contribution in [2.75, 3.05) is 10.6 Å². The van der Waals surface area contributed by atoms with Gasteiger partial charge in [-0.2, -0.15) is 4.98 Å². The van der Waals surface area contributed by atoms with Gasteiger partial charge in [-0.25, -0.2) is 9.37 Å². The Hall–Kier alpha value is -3.02. The zero-order valence-corrected chi connectivity index (χ0v) is 16.0. The lowest BCUT2D eigenvalue weighted by atomic mass is 9.96. The van der Waals surface area contributed by atoms with E-state index in [9.17, 15) is 4.39 Å². The molecule has 144 valence electrons. The second-order valence-corrected chi connectivity index (χ2v) is 7.27. The normalized spacial score (nSPS) is 14.6. The summed E-state index contributed by atoms with van der Waals surface area (Å²) in [5.74, 6) is 1.05. The first-order valence-electron chi connectivity index (χ1n) is 9.76. The van der Waals surface area contributed by atoms with Crippen molar-refractivity contribution in [3.8, 4) is 11.3 Å².